The van der Waals surface area contributed by atoms with Crippen LogP contribution in [0.1, 0.15) is 11.1 Å². The first-order valence-corrected chi connectivity index (χ1v) is 8.99. The predicted octanol–water partition coefficient (Wildman–Crippen LogP) is 4.57. The zero-order valence-corrected chi connectivity index (χ0v) is 10.8. The molecule has 2 aromatic rings. The maximum Gasteiger partial charge on any atom is 0.0354 e. The summed E-state index contributed by atoms with van der Waals surface area (Å²) >= 11 is 0. The summed E-state index contributed by atoms with van der Waals surface area (Å²) in [5.41, 5.74) is 2.90. The van der Waals surface area contributed by atoms with E-state index in [2.05, 4.69) is 48.5 Å². The molecule has 2 aliphatic heterocycles. The van der Waals surface area contributed by atoms with Crippen molar-refractivity contribution in [2.75, 3.05) is 0 Å². The van der Waals surface area contributed by atoms with Crippen molar-refractivity contribution >= 4 is 35.0 Å². The van der Waals surface area contributed by atoms with Crippen LogP contribution in [-0.4, -0.2) is 4.86 Å². The fourth-order valence-corrected chi connectivity index (χ4v) is 9.36. The molecule has 16 heavy (non-hydrogen) atoms. The quantitative estimate of drug-likeness (QED) is 0.503. The average molecular weight is 260 g/mol. The molecule has 0 bridgehead atoms. The first-order valence-electron chi connectivity index (χ1n) is 5.10. The SMILES string of the molecule is c1ccc2c(c1)SS1=C2c2ccccc2S1. The highest BCUT2D eigenvalue weighted by Gasteiger charge is 2.30. The summed E-state index contributed by atoms with van der Waals surface area (Å²) in [6.07, 6.45) is 0. The zero-order valence-electron chi connectivity index (χ0n) is 8.34. The second-order valence-corrected chi connectivity index (χ2v) is 9.45. The number of hydrogen-bond donors (Lipinski definition) is 0. The van der Waals surface area contributed by atoms with Crippen molar-refractivity contribution < 1.29 is 0 Å². The predicted molar refractivity (Wildman–Crippen MR) is 75.4 cm³/mol. The number of fused-ring (bicyclic) bond motifs is 4. The monoisotopic (exact) mass is 260 g/mol. The van der Waals surface area contributed by atoms with Gasteiger partial charge in [-0.25, -0.2) is 0 Å². The molecular weight excluding hydrogens is 252 g/mol. The molecule has 3 heteroatoms. The largest absolute Gasteiger partial charge is 0.0616 e. The standard InChI is InChI=1S/C13H8S3/c1-3-7-11-9(5-1)13-10-6-2-4-8-12(10)15-16(13)14-11/h1-8H. The van der Waals surface area contributed by atoms with Gasteiger partial charge in [0.2, 0.25) is 0 Å². The lowest BCUT2D eigenvalue weighted by atomic mass is 10.0. The van der Waals surface area contributed by atoms with E-state index in [-0.39, 0.29) is 8.55 Å². The molecule has 4 rings (SSSR count). The van der Waals surface area contributed by atoms with Gasteiger partial charge in [0.25, 0.3) is 0 Å². The van der Waals surface area contributed by atoms with Gasteiger partial charge in [-0.1, -0.05) is 66.5 Å². The smallest absolute Gasteiger partial charge is 0.0354 e. The van der Waals surface area contributed by atoms with E-state index in [1.165, 1.54) is 20.9 Å². The van der Waals surface area contributed by atoms with E-state index >= 15 is 0 Å². The Hall–Kier alpha value is -0.640. The maximum atomic E-state index is 2.26. The van der Waals surface area contributed by atoms with Gasteiger partial charge in [0.05, 0.1) is 0 Å². The second-order valence-electron chi connectivity index (χ2n) is 3.72. The van der Waals surface area contributed by atoms with E-state index < -0.39 is 0 Å². The summed E-state index contributed by atoms with van der Waals surface area (Å²) in [4.78, 5) is 4.45. The third-order valence-electron chi connectivity index (χ3n) is 2.76. The lowest BCUT2D eigenvalue weighted by Gasteiger charge is -2.04. The Bertz CT molecular complexity index is 575. The molecule has 0 aliphatic carbocycles. The molecule has 0 fully saturated rings. The summed E-state index contributed by atoms with van der Waals surface area (Å²) in [5.74, 6) is 0. The van der Waals surface area contributed by atoms with Crippen molar-refractivity contribution in [2.45, 2.75) is 9.79 Å². The van der Waals surface area contributed by atoms with Crippen molar-refractivity contribution in [2.24, 2.45) is 0 Å². The van der Waals surface area contributed by atoms with Crippen LogP contribution in [0.25, 0.3) is 0 Å². The van der Waals surface area contributed by atoms with Gasteiger partial charge in [0.15, 0.2) is 0 Å². The van der Waals surface area contributed by atoms with Gasteiger partial charge in [0.1, 0.15) is 0 Å². The molecule has 78 valence electrons. The molecule has 0 nitrogen and oxygen atoms in total. The summed E-state index contributed by atoms with van der Waals surface area (Å²) in [7, 11) is 4.32. The molecular formula is C13H8S3. The molecule has 0 aromatic heterocycles. The highest BCUT2D eigenvalue weighted by Crippen LogP contribution is 2.63. The Labute approximate surface area is 104 Å². The van der Waals surface area contributed by atoms with Crippen LogP contribution in [-0.2, 0) is 0 Å². The Morgan fingerprint density at radius 1 is 0.688 bits per heavy atom. The number of hydrogen-bond acceptors (Lipinski definition) is 2. The third-order valence-corrected chi connectivity index (χ3v) is 9.12. The minimum absolute atomic E-state index is 0.289. The van der Waals surface area contributed by atoms with Crippen LogP contribution >= 0.6 is 30.1 Å². The van der Waals surface area contributed by atoms with Crippen LogP contribution < -0.4 is 0 Å². The van der Waals surface area contributed by atoms with Gasteiger partial charge in [0, 0.05) is 25.8 Å². The molecule has 0 saturated carbocycles. The molecule has 0 radical (unpaired) electrons. The first kappa shape index (κ1) is 9.40. The van der Waals surface area contributed by atoms with E-state index in [0.29, 0.717) is 0 Å². The van der Waals surface area contributed by atoms with Crippen LogP contribution in [0.4, 0.5) is 0 Å². The van der Waals surface area contributed by atoms with Gasteiger partial charge in [-0.15, -0.1) is 0 Å². The summed E-state index contributed by atoms with van der Waals surface area (Å²) in [6, 6.07) is 17.5. The molecule has 0 N–H and O–H groups in total. The highest BCUT2D eigenvalue weighted by atomic mass is 33.5. The van der Waals surface area contributed by atoms with Gasteiger partial charge in [-0.2, -0.15) is 0 Å². The fourth-order valence-electron chi connectivity index (χ4n) is 2.04. The summed E-state index contributed by atoms with van der Waals surface area (Å²) in [5, 5.41) is 0. The molecule has 0 unspecified atom stereocenters. The van der Waals surface area contributed by atoms with Crippen molar-refractivity contribution in [1.82, 2.24) is 0 Å². The lowest BCUT2D eigenvalue weighted by molar-refractivity contribution is 1.40. The molecule has 0 atom stereocenters. The van der Waals surface area contributed by atoms with E-state index in [1.807, 2.05) is 21.6 Å². The van der Waals surface area contributed by atoms with Crippen molar-refractivity contribution in [1.29, 1.82) is 0 Å². The molecule has 0 amide bonds. The van der Waals surface area contributed by atoms with Gasteiger partial charge >= 0.3 is 0 Å². The molecule has 0 saturated heterocycles. The molecule has 2 heterocycles. The van der Waals surface area contributed by atoms with Crippen LogP contribution in [0.3, 0.4) is 0 Å². The van der Waals surface area contributed by atoms with Gasteiger partial charge in [-0.05, 0) is 12.1 Å². The highest BCUT2D eigenvalue weighted by molar-refractivity contribution is 9.16. The van der Waals surface area contributed by atoms with Gasteiger partial charge in [-0.3, -0.25) is 0 Å². The molecule has 2 aromatic carbocycles. The van der Waals surface area contributed by atoms with Crippen LogP contribution in [0.5, 0.6) is 0 Å². The second kappa shape index (κ2) is 3.42. The minimum atomic E-state index is 0.289. The first-order chi connectivity index (χ1) is 7.93. The third kappa shape index (κ3) is 1.19. The van der Waals surface area contributed by atoms with Crippen LogP contribution in [0.2, 0.25) is 0 Å². The van der Waals surface area contributed by atoms with Gasteiger partial charge < -0.3 is 0 Å². The number of benzene rings is 2. The normalized spacial score (nSPS) is 17.1. The Morgan fingerprint density at radius 3 is 1.75 bits per heavy atom. The molecule has 2 aliphatic rings. The average Bonchev–Trinajstić information content (AvgIpc) is 2.83. The van der Waals surface area contributed by atoms with E-state index in [9.17, 15) is 0 Å². The summed E-state index contributed by atoms with van der Waals surface area (Å²) in [6.45, 7) is 0. The van der Waals surface area contributed by atoms with Crippen LogP contribution in [0, 0.1) is 0 Å². The Morgan fingerprint density at radius 2 is 1.19 bits per heavy atom. The van der Waals surface area contributed by atoms with Crippen LogP contribution in [0.15, 0.2) is 58.3 Å². The molecule has 0 spiro atoms. The Balaban J connectivity index is 1.99. The van der Waals surface area contributed by atoms with E-state index in [1.54, 1.807) is 4.86 Å². The maximum absolute atomic E-state index is 2.26. The van der Waals surface area contributed by atoms with Crippen molar-refractivity contribution in [3.8, 4) is 0 Å². The zero-order chi connectivity index (χ0) is 10.5. The van der Waals surface area contributed by atoms with E-state index in [0.717, 1.165) is 0 Å². The Kier molecular flexibility index (Phi) is 2.01. The lowest BCUT2D eigenvalue weighted by Crippen LogP contribution is -1.98. The minimum Gasteiger partial charge on any atom is -0.0616 e. The topological polar surface area (TPSA) is 0 Å². The van der Waals surface area contributed by atoms with Crippen molar-refractivity contribution in [3.63, 3.8) is 0 Å². The van der Waals surface area contributed by atoms with E-state index in [4.69, 9.17) is 0 Å². The fraction of sp³-hybridized carbons (Fsp3) is 0. The summed E-state index contributed by atoms with van der Waals surface area (Å²) < 4.78 is 0. The number of rotatable bonds is 0. The van der Waals surface area contributed by atoms with Crippen molar-refractivity contribution in [3.05, 3.63) is 59.7 Å².